The summed E-state index contributed by atoms with van der Waals surface area (Å²) in [5.74, 6) is 0.928. The standard InChI is InChI=1S/C22H29NO/c1-19-8-5-6-16-23(19)17-7-9-20-12-14-21(15-13-20)18-24-22-10-3-2-4-11-22/h2-4,10-15,19H,5-9,16-18H2,1H3. The Labute approximate surface area is 146 Å². The summed E-state index contributed by atoms with van der Waals surface area (Å²) in [4.78, 5) is 2.66. The van der Waals surface area contributed by atoms with Gasteiger partial charge in [-0.25, -0.2) is 0 Å². The third-order valence-electron chi connectivity index (χ3n) is 5.02. The van der Waals surface area contributed by atoms with Crippen molar-refractivity contribution in [1.29, 1.82) is 0 Å². The Morgan fingerprint density at radius 1 is 0.958 bits per heavy atom. The monoisotopic (exact) mass is 323 g/mol. The highest BCUT2D eigenvalue weighted by atomic mass is 16.5. The molecule has 0 bridgehead atoms. The van der Waals surface area contributed by atoms with Gasteiger partial charge in [-0.2, -0.15) is 0 Å². The number of hydrogen-bond donors (Lipinski definition) is 0. The van der Waals surface area contributed by atoms with Crippen LogP contribution in [0.25, 0.3) is 0 Å². The third kappa shape index (κ3) is 5.10. The van der Waals surface area contributed by atoms with Gasteiger partial charge in [0, 0.05) is 6.04 Å². The number of benzene rings is 2. The van der Waals surface area contributed by atoms with Gasteiger partial charge in [0.2, 0.25) is 0 Å². The van der Waals surface area contributed by atoms with Gasteiger partial charge in [0.05, 0.1) is 0 Å². The Hall–Kier alpha value is -1.80. The molecule has 1 unspecified atom stereocenters. The van der Waals surface area contributed by atoms with Gasteiger partial charge in [-0.1, -0.05) is 48.9 Å². The lowest BCUT2D eigenvalue weighted by molar-refractivity contribution is 0.159. The predicted molar refractivity (Wildman–Crippen MR) is 100 cm³/mol. The molecule has 1 aliphatic heterocycles. The SMILES string of the molecule is CC1CCCCN1CCCc1ccc(COc2ccccc2)cc1. The lowest BCUT2D eigenvalue weighted by Gasteiger charge is -2.33. The maximum absolute atomic E-state index is 5.80. The van der Waals surface area contributed by atoms with Gasteiger partial charge in [0.1, 0.15) is 12.4 Å². The maximum Gasteiger partial charge on any atom is 0.119 e. The van der Waals surface area contributed by atoms with E-state index in [1.54, 1.807) is 0 Å². The number of nitrogens with zero attached hydrogens (tertiary/aromatic N) is 1. The van der Waals surface area contributed by atoms with Gasteiger partial charge < -0.3 is 9.64 Å². The van der Waals surface area contributed by atoms with Crippen molar-refractivity contribution in [1.82, 2.24) is 4.90 Å². The first kappa shape index (κ1) is 17.0. The zero-order valence-corrected chi connectivity index (χ0v) is 14.8. The second-order valence-corrected chi connectivity index (χ2v) is 6.90. The summed E-state index contributed by atoms with van der Waals surface area (Å²) >= 11 is 0. The van der Waals surface area contributed by atoms with E-state index in [9.17, 15) is 0 Å². The Morgan fingerprint density at radius 2 is 1.71 bits per heavy atom. The summed E-state index contributed by atoms with van der Waals surface area (Å²) in [5.41, 5.74) is 2.66. The molecule has 0 N–H and O–H groups in total. The van der Waals surface area contributed by atoms with E-state index in [0.717, 1.165) is 11.8 Å². The molecule has 1 heterocycles. The molecule has 0 aromatic heterocycles. The van der Waals surface area contributed by atoms with Crippen molar-refractivity contribution >= 4 is 0 Å². The molecule has 3 rings (SSSR count). The molecule has 1 saturated heterocycles. The van der Waals surface area contributed by atoms with Crippen LogP contribution in [0.3, 0.4) is 0 Å². The van der Waals surface area contributed by atoms with E-state index in [-0.39, 0.29) is 0 Å². The minimum absolute atomic E-state index is 0.635. The summed E-state index contributed by atoms with van der Waals surface area (Å²) in [6.07, 6.45) is 6.58. The fourth-order valence-corrected chi connectivity index (χ4v) is 3.46. The molecule has 128 valence electrons. The molecular weight excluding hydrogens is 294 g/mol. The number of aryl methyl sites for hydroxylation is 1. The van der Waals surface area contributed by atoms with Crippen LogP contribution in [-0.2, 0) is 13.0 Å². The van der Waals surface area contributed by atoms with E-state index >= 15 is 0 Å². The van der Waals surface area contributed by atoms with Gasteiger partial charge in [0.25, 0.3) is 0 Å². The zero-order valence-electron chi connectivity index (χ0n) is 14.8. The molecule has 0 spiro atoms. The van der Waals surface area contributed by atoms with Crippen LogP contribution in [0.15, 0.2) is 54.6 Å². The van der Waals surface area contributed by atoms with Crippen LogP contribution in [0, 0.1) is 0 Å². The molecule has 2 aromatic carbocycles. The van der Waals surface area contributed by atoms with Gasteiger partial charge in [-0.15, -0.1) is 0 Å². The Bertz CT molecular complexity index is 593. The van der Waals surface area contributed by atoms with Crippen LogP contribution in [0.5, 0.6) is 5.75 Å². The number of hydrogen-bond acceptors (Lipinski definition) is 2. The first-order chi connectivity index (χ1) is 11.8. The first-order valence-corrected chi connectivity index (χ1v) is 9.31. The zero-order chi connectivity index (χ0) is 16.6. The van der Waals surface area contributed by atoms with Crippen molar-refractivity contribution < 1.29 is 4.74 Å². The van der Waals surface area contributed by atoms with E-state index in [4.69, 9.17) is 4.74 Å². The minimum atomic E-state index is 0.635. The molecule has 1 fully saturated rings. The van der Waals surface area contributed by atoms with Gasteiger partial charge >= 0.3 is 0 Å². The van der Waals surface area contributed by atoms with Crippen LogP contribution in [0.4, 0.5) is 0 Å². The quantitative estimate of drug-likeness (QED) is 0.705. The number of para-hydroxylation sites is 1. The summed E-state index contributed by atoms with van der Waals surface area (Å²) in [5, 5.41) is 0. The summed E-state index contributed by atoms with van der Waals surface area (Å²) in [7, 11) is 0. The van der Waals surface area contributed by atoms with Crippen LogP contribution >= 0.6 is 0 Å². The van der Waals surface area contributed by atoms with E-state index in [1.807, 2.05) is 30.3 Å². The molecular formula is C22H29NO. The van der Waals surface area contributed by atoms with E-state index in [1.165, 1.54) is 56.3 Å². The van der Waals surface area contributed by atoms with Crippen molar-refractivity contribution in [3.05, 3.63) is 65.7 Å². The fraction of sp³-hybridized carbons (Fsp3) is 0.455. The van der Waals surface area contributed by atoms with Crippen molar-refractivity contribution in [3.8, 4) is 5.75 Å². The molecule has 0 radical (unpaired) electrons. The van der Waals surface area contributed by atoms with Crippen molar-refractivity contribution in [2.45, 2.75) is 51.7 Å². The normalized spacial score (nSPS) is 18.5. The molecule has 1 atom stereocenters. The van der Waals surface area contributed by atoms with Crippen LogP contribution < -0.4 is 4.74 Å². The number of rotatable bonds is 7. The number of piperidine rings is 1. The van der Waals surface area contributed by atoms with E-state index in [0.29, 0.717) is 6.61 Å². The molecule has 2 nitrogen and oxygen atoms in total. The molecule has 1 aliphatic rings. The van der Waals surface area contributed by atoms with Gasteiger partial charge in [-0.3, -0.25) is 0 Å². The second-order valence-electron chi connectivity index (χ2n) is 6.90. The highest BCUT2D eigenvalue weighted by molar-refractivity contribution is 5.24. The smallest absolute Gasteiger partial charge is 0.119 e. The van der Waals surface area contributed by atoms with Gasteiger partial charge in [-0.05, 0) is 69.0 Å². The fourth-order valence-electron chi connectivity index (χ4n) is 3.46. The molecule has 2 heteroatoms. The first-order valence-electron chi connectivity index (χ1n) is 9.31. The van der Waals surface area contributed by atoms with Crippen LogP contribution in [0.1, 0.15) is 43.7 Å². The lowest BCUT2D eigenvalue weighted by atomic mass is 10.0. The van der Waals surface area contributed by atoms with Crippen molar-refractivity contribution in [2.24, 2.45) is 0 Å². The topological polar surface area (TPSA) is 12.5 Å². The predicted octanol–water partition coefficient (Wildman–Crippen LogP) is 5.07. The highest BCUT2D eigenvalue weighted by Crippen LogP contribution is 2.17. The molecule has 2 aromatic rings. The average molecular weight is 323 g/mol. The molecule has 0 saturated carbocycles. The maximum atomic E-state index is 5.80. The summed E-state index contributed by atoms with van der Waals surface area (Å²) in [6, 6.07) is 19.7. The van der Waals surface area contributed by atoms with Crippen LogP contribution in [0.2, 0.25) is 0 Å². The van der Waals surface area contributed by atoms with E-state index < -0.39 is 0 Å². The number of ether oxygens (including phenoxy) is 1. The molecule has 0 amide bonds. The van der Waals surface area contributed by atoms with Crippen molar-refractivity contribution in [2.75, 3.05) is 13.1 Å². The largest absolute Gasteiger partial charge is 0.489 e. The number of likely N-dealkylation sites (tertiary alicyclic amines) is 1. The van der Waals surface area contributed by atoms with Crippen molar-refractivity contribution in [3.63, 3.8) is 0 Å². The Kier molecular flexibility index (Phi) is 6.31. The molecule has 24 heavy (non-hydrogen) atoms. The lowest BCUT2D eigenvalue weighted by Crippen LogP contribution is -2.38. The minimum Gasteiger partial charge on any atom is -0.489 e. The highest BCUT2D eigenvalue weighted by Gasteiger charge is 2.17. The van der Waals surface area contributed by atoms with Gasteiger partial charge in [0.15, 0.2) is 0 Å². The summed E-state index contributed by atoms with van der Waals surface area (Å²) in [6.45, 7) is 5.53. The Balaban J connectivity index is 1.41. The van der Waals surface area contributed by atoms with E-state index in [2.05, 4.69) is 36.1 Å². The summed E-state index contributed by atoms with van der Waals surface area (Å²) < 4.78 is 5.80. The Morgan fingerprint density at radius 3 is 2.46 bits per heavy atom. The van der Waals surface area contributed by atoms with Crippen LogP contribution in [-0.4, -0.2) is 24.0 Å². The second kappa shape index (κ2) is 8.89. The average Bonchev–Trinajstić information content (AvgIpc) is 2.63. The molecule has 0 aliphatic carbocycles. The third-order valence-corrected chi connectivity index (χ3v) is 5.02.